The molecule has 0 aliphatic heterocycles. The number of nitriles is 1. The number of benzene rings is 2. The van der Waals surface area contributed by atoms with Crippen molar-refractivity contribution in [1.82, 2.24) is 15.2 Å². The zero-order chi connectivity index (χ0) is 25.0. The molecule has 0 atom stereocenters. The zero-order valence-corrected chi connectivity index (χ0v) is 17.2. The van der Waals surface area contributed by atoms with Crippen LogP contribution in [0.15, 0.2) is 58.4 Å². The summed E-state index contributed by atoms with van der Waals surface area (Å²) in [6.07, 6.45) is -3.50. The maximum atomic E-state index is 13.1. The molecule has 0 aliphatic carbocycles. The number of nitro benzene ring substituents is 1. The first-order chi connectivity index (χ1) is 16.0. The highest BCUT2D eigenvalue weighted by Crippen LogP contribution is 2.30. The van der Waals surface area contributed by atoms with E-state index >= 15 is 0 Å². The highest BCUT2D eigenvalue weighted by molar-refractivity contribution is 5.94. The lowest BCUT2D eigenvalue weighted by Crippen LogP contribution is -2.31. The van der Waals surface area contributed by atoms with Crippen LogP contribution in [0.2, 0.25) is 0 Å². The van der Waals surface area contributed by atoms with Crippen LogP contribution in [-0.2, 0) is 6.18 Å². The van der Waals surface area contributed by atoms with E-state index in [1.165, 1.54) is 43.5 Å². The normalized spacial score (nSPS) is 11.3. The van der Waals surface area contributed by atoms with Gasteiger partial charge in [0.15, 0.2) is 5.69 Å². The molecule has 13 heteroatoms. The largest absolute Gasteiger partial charge is 0.416 e. The number of hydrogen-bond donors (Lipinski definition) is 1. The third-order valence-corrected chi connectivity index (χ3v) is 4.56. The molecule has 0 saturated heterocycles. The first kappa shape index (κ1) is 23.8. The van der Waals surface area contributed by atoms with Crippen LogP contribution >= 0.6 is 0 Å². The number of halogens is 3. The Morgan fingerprint density at radius 3 is 2.53 bits per heavy atom. The summed E-state index contributed by atoms with van der Waals surface area (Å²) < 4.78 is 39.7. The summed E-state index contributed by atoms with van der Waals surface area (Å²) in [6, 6.07) is 10.6. The standard InChI is InChI=1S/C21H13F3N6O4/c1-12-17(10-25)20(32)29(16-4-2-3-14(9-16)21(22,23)24)28-18(12)19(31)27-26-11-13-5-7-15(8-6-13)30(33)34/h2-9,11H,1H3,(H,27,31)/b26-11+. The fourth-order valence-corrected chi connectivity index (χ4v) is 2.84. The van der Waals surface area contributed by atoms with Crippen LogP contribution in [0.1, 0.15) is 32.7 Å². The number of alkyl halides is 3. The van der Waals surface area contributed by atoms with E-state index in [9.17, 15) is 38.1 Å². The molecule has 10 nitrogen and oxygen atoms in total. The maximum absolute atomic E-state index is 13.1. The minimum atomic E-state index is -4.69. The SMILES string of the molecule is Cc1c(C(=O)N/N=C/c2ccc([N+](=O)[O-])cc2)nn(-c2cccc(C(F)(F)F)c2)c(=O)c1C#N. The van der Waals surface area contributed by atoms with Gasteiger partial charge in [-0.05, 0) is 42.8 Å². The van der Waals surface area contributed by atoms with Crippen LogP contribution in [0.25, 0.3) is 5.69 Å². The maximum Gasteiger partial charge on any atom is 0.416 e. The number of hydrazone groups is 1. The lowest BCUT2D eigenvalue weighted by atomic mass is 10.1. The van der Waals surface area contributed by atoms with Gasteiger partial charge in [-0.1, -0.05) is 6.07 Å². The van der Waals surface area contributed by atoms with Crippen molar-refractivity contribution in [3.63, 3.8) is 0 Å². The Bertz CT molecular complexity index is 1410. The summed E-state index contributed by atoms with van der Waals surface area (Å²) in [6.45, 7) is 1.29. The number of amides is 1. The number of nitrogens with one attached hydrogen (secondary N) is 1. The van der Waals surface area contributed by atoms with Crippen LogP contribution in [0.4, 0.5) is 18.9 Å². The number of aromatic nitrogens is 2. The van der Waals surface area contributed by atoms with Gasteiger partial charge in [-0.25, -0.2) is 5.43 Å². The Balaban J connectivity index is 1.96. The van der Waals surface area contributed by atoms with Gasteiger partial charge in [-0.15, -0.1) is 0 Å². The topological polar surface area (TPSA) is 143 Å². The highest BCUT2D eigenvalue weighted by Gasteiger charge is 2.31. The van der Waals surface area contributed by atoms with E-state index in [2.05, 4.69) is 15.6 Å². The molecule has 34 heavy (non-hydrogen) atoms. The van der Waals surface area contributed by atoms with Gasteiger partial charge in [0.2, 0.25) is 0 Å². The van der Waals surface area contributed by atoms with E-state index < -0.39 is 39.4 Å². The van der Waals surface area contributed by atoms with Crippen LogP contribution in [0, 0.1) is 28.4 Å². The van der Waals surface area contributed by atoms with Crippen molar-refractivity contribution in [3.05, 3.63) is 96.9 Å². The molecule has 1 amide bonds. The highest BCUT2D eigenvalue weighted by atomic mass is 19.4. The monoisotopic (exact) mass is 470 g/mol. The summed E-state index contributed by atoms with van der Waals surface area (Å²) in [5, 5.41) is 27.6. The Morgan fingerprint density at radius 2 is 1.94 bits per heavy atom. The molecule has 1 N–H and O–H groups in total. The van der Waals surface area contributed by atoms with Crippen LogP contribution in [-0.4, -0.2) is 26.8 Å². The second-order valence-electron chi connectivity index (χ2n) is 6.77. The molecule has 1 heterocycles. The Morgan fingerprint density at radius 1 is 1.26 bits per heavy atom. The van der Waals surface area contributed by atoms with Crippen molar-refractivity contribution in [2.75, 3.05) is 0 Å². The van der Waals surface area contributed by atoms with Crippen molar-refractivity contribution < 1.29 is 22.9 Å². The fraction of sp³-hybridized carbons (Fsp3) is 0.0952. The van der Waals surface area contributed by atoms with E-state index in [0.29, 0.717) is 16.3 Å². The average molecular weight is 470 g/mol. The van der Waals surface area contributed by atoms with Gasteiger partial charge in [0.25, 0.3) is 17.2 Å². The van der Waals surface area contributed by atoms with Gasteiger partial charge in [0.1, 0.15) is 11.6 Å². The average Bonchev–Trinajstić information content (AvgIpc) is 2.79. The van der Waals surface area contributed by atoms with Gasteiger partial charge in [-0.3, -0.25) is 19.7 Å². The third-order valence-electron chi connectivity index (χ3n) is 4.56. The van der Waals surface area contributed by atoms with Gasteiger partial charge in [-0.2, -0.15) is 33.3 Å². The quantitative estimate of drug-likeness (QED) is 0.345. The third kappa shape index (κ3) is 4.96. The summed E-state index contributed by atoms with van der Waals surface area (Å²) in [7, 11) is 0. The van der Waals surface area contributed by atoms with E-state index in [4.69, 9.17) is 0 Å². The predicted molar refractivity (Wildman–Crippen MR) is 112 cm³/mol. The molecule has 0 unspecified atom stereocenters. The molecule has 3 aromatic rings. The van der Waals surface area contributed by atoms with Crippen molar-refractivity contribution in [1.29, 1.82) is 5.26 Å². The Kier molecular flexibility index (Phi) is 6.53. The van der Waals surface area contributed by atoms with Gasteiger partial charge in [0.05, 0.1) is 22.4 Å². The van der Waals surface area contributed by atoms with Crippen LogP contribution in [0.5, 0.6) is 0 Å². The summed E-state index contributed by atoms with van der Waals surface area (Å²) in [5.74, 6) is -0.937. The summed E-state index contributed by atoms with van der Waals surface area (Å²) >= 11 is 0. The molecule has 0 radical (unpaired) electrons. The van der Waals surface area contributed by atoms with E-state index in [1.807, 2.05) is 0 Å². The molecule has 0 saturated carbocycles. The minimum absolute atomic E-state index is 0.0845. The van der Waals surface area contributed by atoms with Crippen LogP contribution in [0.3, 0.4) is 0 Å². The smallest absolute Gasteiger partial charge is 0.266 e. The first-order valence-corrected chi connectivity index (χ1v) is 9.32. The molecule has 2 aromatic carbocycles. The Labute approximate surface area is 188 Å². The summed E-state index contributed by atoms with van der Waals surface area (Å²) in [5.41, 5.74) is -0.878. The lowest BCUT2D eigenvalue weighted by molar-refractivity contribution is -0.384. The number of hydrogen-bond acceptors (Lipinski definition) is 7. The van der Waals surface area contributed by atoms with E-state index in [-0.39, 0.29) is 16.9 Å². The van der Waals surface area contributed by atoms with Gasteiger partial charge >= 0.3 is 6.18 Å². The number of carbonyl (C=O) groups is 1. The van der Waals surface area contributed by atoms with Gasteiger partial charge < -0.3 is 0 Å². The van der Waals surface area contributed by atoms with Crippen molar-refractivity contribution in [3.8, 4) is 11.8 Å². The zero-order valence-electron chi connectivity index (χ0n) is 17.2. The second-order valence-corrected chi connectivity index (χ2v) is 6.77. The lowest BCUT2D eigenvalue weighted by Gasteiger charge is -2.12. The van der Waals surface area contributed by atoms with E-state index in [1.54, 1.807) is 6.07 Å². The molecule has 1 aromatic heterocycles. The molecule has 0 spiro atoms. The van der Waals surface area contributed by atoms with Gasteiger partial charge in [0, 0.05) is 17.7 Å². The Hall–Kier alpha value is -4.86. The predicted octanol–water partition coefficient (Wildman–Crippen LogP) is 3.10. The fourth-order valence-electron chi connectivity index (χ4n) is 2.84. The van der Waals surface area contributed by atoms with E-state index in [0.717, 1.165) is 12.1 Å². The number of nitro groups is 1. The molecule has 3 rings (SSSR count). The molecule has 0 aliphatic rings. The second kappa shape index (κ2) is 9.33. The molecular weight excluding hydrogens is 457 g/mol. The number of carbonyl (C=O) groups excluding carboxylic acids is 1. The number of nitrogens with zero attached hydrogens (tertiary/aromatic N) is 5. The minimum Gasteiger partial charge on any atom is -0.266 e. The van der Waals surface area contributed by atoms with Crippen LogP contribution < -0.4 is 11.0 Å². The summed E-state index contributed by atoms with van der Waals surface area (Å²) in [4.78, 5) is 35.3. The molecule has 172 valence electrons. The number of non-ortho nitro benzene ring substituents is 1. The molecular formula is C21H13F3N6O4. The molecule has 0 fully saturated rings. The first-order valence-electron chi connectivity index (χ1n) is 9.32. The molecule has 0 bridgehead atoms. The van der Waals surface area contributed by atoms with Crippen molar-refractivity contribution in [2.45, 2.75) is 13.1 Å². The van der Waals surface area contributed by atoms with Crippen molar-refractivity contribution in [2.24, 2.45) is 5.10 Å². The van der Waals surface area contributed by atoms with Crippen molar-refractivity contribution >= 4 is 17.8 Å². The number of rotatable bonds is 5.